The Hall–Kier alpha value is -3.39. The maximum atomic E-state index is 6.44. The number of thioether (sulfide) groups is 1. The highest BCUT2D eigenvalue weighted by atomic mass is 32.2. The molecular formula is C31H27NOPS+. The van der Waals surface area contributed by atoms with Crippen LogP contribution in [0.2, 0.25) is 0 Å². The summed E-state index contributed by atoms with van der Waals surface area (Å²) in [6.45, 7) is 2.16. The molecule has 0 saturated heterocycles. The van der Waals surface area contributed by atoms with Crippen LogP contribution in [0.5, 0.6) is 0 Å². The standard InChI is InChI=1S/C31H27NOPS/c1-2-35-31-30(32-29(33-31)24-23-25-15-7-3-8-16-25)34(26-17-9-4-10-18-26,27-19-11-5-12-20-27)28-21-13-6-14-22-28/h3-24H,2H2,1H3/q+1. The lowest BCUT2D eigenvalue weighted by atomic mass is 10.2. The molecule has 0 aliphatic heterocycles. The summed E-state index contributed by atoms with van der Waals surface area (Å²) >= 11 is 1.72. The van der Waals surface area contributed by atoms with Gasteiger partial charge in [-0.1, -0.05) is 104 Å². The van der Waals surface area contributed by atoms with Gasteiger partial charge in [-0.05, 0) is 53.8 Å². The third-order valence-corrected chi connectivity index (χ3v) is 11.0. The Morgan fingerprint density at radius 2 is 1.11 bits per heavy atom. The fourth-order valence-electron chi connectivity index (χ4n) is 4.32. The summed E-state index contributed by atoms with van der Waals surface area (Å²) in [6, 6.07) is 42.7. The van der Waals surface area contributed by atoms with Gasteiger partial charge in [0.2, 0.25) is 11.0 Å². The Bertz CT molecular complexity index is 1290. The van der Waals surface area contributed by atoms with E-state index < -0.39 is 7.26 Å². The third kappa shape index (κ3) is 4.75. The Morgan fingerprint density at radius 3 is 1.57 bits per heavy atom. The SMILES string of the molecule is CCSc1oc(C=Cc2ccccc2)nc1[P+](c1ccccc1)(c1ccccc1)c1ccccc1. The first kappa shape index (κ1) is 23.4. The van der Waals surface area contributed by atoms with Crippen molar-refractivity contribution in [2.24, 2.45) is 0 Å². The summed E-state index contributed by atoms with van der Waals surface area (Å²) in [5, 5.41) is 4.69. The summed E-state index contributed by atoms with van der Waals surface area (Å²) < 4.78 is 6.44. The van der Waals surface area contributed by atoms with Crippen molar-refractivity contribution in [3.05, 3.63) is 133 Å². The summed E-state index contributed by atoms with van der Waals surface area (Å²) in [6.07, 6.45) is 4.04. The van der Waals surface area contributed by atoms with Crippen LogP contribution in [0.15, 0.2) is 131 Å². The largest absolute Gasteiger partial charge is 0.426 e. The minimum Gasteiger partial charge on any atom is -0.426 e. The smallest absolute Gasteiger partial charge is 0.251 e. The van der Waals surface area contributed by atoms with Crippen LogP contribution in [-0.2, 0) is 0 Å². The number of hydrogen-bond donors (Lipinski definition) is 0. The van der Waals surface area contributed by atoms with Gasteiger partial charge in [0, 0.05) is 6.08 Å². The van der Waals surface area contributed by atoms with Gasteiger partial charge in [0.05, 0.1) is 0 Å². The lowest BCUT2D eigenvalue weighted by Gasteiger charge is -2.25. The van der Waals surface area contributed by atoms with E-state index in [-0.39, 0.29) is 0 Å². The van der Waals surface area contributed by atoms with Crippen LogP contribution >= 0.6 is 19.0 Å². The minimum absolute atomic E-state index is 0.631. The van der Waals surface area contributed by atoms with Crippen LogP contribution in [0.3, 0.4) is 0 Å². The van der Waals surface area contributed by atoms with Gasteiger partial charge in [0.25, 0.3) is 5.44 Å². The van der Waals surface area contributed by atoms with Crippen molar-refractivity contribution in [3.8, 4) is 0 Å². The monoisotopic (exact) mass is 492 g/mol. The van der Waals surface area contributed by atoms with Crippen molar-refractivity contribution in [1.82, 2.24) is 4.98 Å². The van der Waals surface area contributed by atoms with Gasteiger partial charge in [-0.15, -0.1) is 0 Å². The van der Waals surface area contributed by atoms with Crippen molar-refractivity contribution < 1.29 is 4.42 Å². The zero-order valence-electron chi connectivity index (χ0n) is 19.6. The molecule has 4 aromatic carbocycles. The Balaban J connectivity index is 1.79. The van der Waals surface area contributed by atoms with E-state index in [1.54, 1.807) is 11.8 Å². The van der Waals surface area contributed by atoms with Crippen molar-refractivity contribution >= 4 is 52.5 Å². The molecule has 0 amide bonds. The summed E-state index contributed by atoms with van der Waals surface area (Å²) in [4.78, 5) is 5.22. The highest BCUT2D eigenvalue weighted by molar-refractivity contribution is 8.04. The Kier molecular flexibility index (Phi) is 7.28. The van der Waals surface area contributed by atoms with Crippen LogP contribution in [-0.4, -0.2) is 10.7 Å². The second-order valence-corrected chi connectivity index (χ2v) is 12.6. The van der Waals surface area contributed by atoms with Crippen molar-refractivity contribution in [2.45, 2.75) is 12.0 Å². The number of hydrogen-bond acceptors (Lipinski definition) is 3. The van der Waals surface area contributed by atoms with Gasteiger partial charge >= 0.3 is 0 Å². The Morgan fingerprint density at radius 1 is 0.657 bits per heavy atom. The molecule has 5 rings (SSSR count). The van der Waals surface area contributed by atoms with E-state index in [1.807, 2.05) is 24.3 Å². The molecule has 0 N–H and O–H groups in total. The zero-order valence-corrected chi connectivity index (χ0v) is 21.3. The van der Waals surface area contributed by atoms with E-state index in [9.17, 15) is 0 Å². The molecule has 0 spiro atoms. The van der Waals surface area contributed by atoms with Gasteiger partial charge < -0.3 is 4.42 Å². The summed E-state index contributed by atoms with van der Waals surface area (Å²) in [5.41, 5.74) is 2.15. The second kappa shape index (κ2) is 10.9. The molecule has 0 aliphatic rings. The van der Waals surface area contributed by atoms with E-state index in [0.29, 0.717) is 5.89 Å². The molecule has 0 saturated carbocycles. The number of aromatic nitrogens is 1. The van der Waals surface area contributed by atoms with Crippen LogP contribution in [0.25, 0.3) is 12.2 Å². The normalized spacial score (nSPS) is 11.7. The Labute approximate surface area is 212 Å². The minimum atomic E-state index is -2.31. The van der Waals surface area contributed by atoms with E-state index in [1.165, 1.54) is 15.9 Å². The van der Waals surface area contributed by atoms with Gasteiger partial charge in [-0.2, -0.15) is 4.98 Å². The lowest BCUT2D eigenvalue weighted by Crippen LogP contribution is -2.40. The molecule has 0 unspecified atom stereocenters. The summed E-state index contributed by atoms with van der Waals surface area (Å²) in [7, 11) is -2.31. The molecule has 0 radical (unpaired) electrons. The zero-order chi connectivity index (χ0) is 23.9. The van der Waals surface area contributed by atoms with Gasteiger partial charge in [0.1, 0.15) is 15.9 Å². The van der Waals surface area contributed by atoms with E-state index >= 15 is 0 Å². The van der Waals surface area contributed by atoms with Crippen LogP contribution in [0.1, 0.15) is 18.4 Å². The molecule has 4 heteroatoms. The molecule has 1 aromatic heterocycles. The van der Waals surface area contributed by atoms with E-state index in [4.69, 9.17) is 9.40 Å². The second-order valence-electron chi connectivity index (χ2n) is 8.02. The maximum absolute atomic E-state index is 6.44. The van der Waals surface area contributed by atoms with E-state index in [2.05, 4.69) is 116 Å². The molecule has 2 nitrogen and oxygen atoms in total. The fourth-order valence-corrected chi connectivity index (χ4v) is 9.56. The predicted molar refractivity (Wildman–Crippen MR) is 153 cm³/mol. The number of oxazole rings is 1. The average molecular weight is 493 g/mol. The first-order chi connectivity index (χ1) is 17.3. The van der Waals surface area contributed by atoms with Crippen molar-refractivity contribution in [3.63, 3.8) is 0 Å². The molecular weight excluding hydrogens is 465 g/mol. The van der Waals surface area contributed by atoms with Crippen LogP contribution in [0, 0.1) is 0 Å². The highest BCUT2D eigenvalue weighted by Crippen LogP contribution is 2.55. The number of benzene rings is 4. The molecule has 172 valence electrons. The van der Waals surface area contributed by atoms with Crippen LogP contribution in [0.4, 0.5) is 0 Å². The number of rotatable bonds is 8. The fraction of sp³-hybridized carbons (Fsp3) is 0.0645. The highest BCUT2D eigenvalue weighted by Gasteiger charge is 2.52. The predicted octanol–water partition coefficient (Wildman–Crippen LogP) is 6.58. The number of nitrogens with zero attached hydrogens (tertiary/aromatic N) is 1. The van der Waals surface area contributed by atoms with Crippen molar-refractivity contribution in [2.75, 3.05) is 5.75 Å². The van der Waals surface area contributed by atoms with Gasteiger partial charge in [0.15, 0.2) is 7.26 Å². The molecule has 35 heavy (non-hydrogen) atoms. The molecule has 0 bridgehead atoms. The van der Waals surface area contributed by atoms with Gasteiger partial charge in [-0.25, -0.2) is 0 Å². The van der Waals surface area contributed by atoms with Gasteiger partial charge in [-0.3, -0.25) is 0 Å². The van der Waals surface area contributed by atoms with E-state index in [0.717, 1.165) is 21.8 Å². The first-order valence-corrected chi connectivity index (χ1v) is 14.5. The maximum Gasteiger partial charge on any atom is 0.251 e. The lowest BCUT2D eigenvalue weighted by molar-refractivity contribution is 0.464. The average Bonchev–Trinajstić information content (AvgIpc) is 3.33. The molecule has 0 fully saturated rings. The molecule has 0 atom stereocenters. The topological polar surface area (TPSA) is 26.0 Å². The van der Waals surface area contributed by atoms with Crippen molar-refractivity contribution in [1.29, 1.82) is 0 Å². The third-order valence-electron chi connectivity index (χ3n) is 5.84. The first-order valence-electron chi connectivity index (χ1n) is 11.8. The van der Waals surface area contributed by atoms with Crippen LogP contribution < -0.4 is 21.3 Å². The quantitative estimate of drug-likeness (QED) is 0.181. The summed E-state index contributed by atoms with van der Waals surface area (Å²) in [5.74, 6) is 1.54. The molecule has 0 aliphatic carbocycles. The molecule has 1 heterocycles. The molecule has 5 aromatic rings.